The minimum Gasteiger partial charge on any atom is -0.436 e. The molecule has 0 unspecified atom stereocenters. The Kier molecular flexibility index (Phi) is 0.976. The fourth-order valence-electron chi connectivity index (χ4n) is 1.27. The van der Waals surface area contributed by atoms with E-state index in [0.29, 0.717) is 19.8 Å². The zero-order valence-corrected chi connectivity index (χ0v) is 5.79. The first-order valence-corrected chi connectivity index (χ1v) is 3.24. The minimum atomic E-state index is -0.286. The highest BCUT2D eigenvalue weighted by Gasteiger charge is 2.49. The Bertz CT molecular complexity index is 176. The first kappa shape index (κ1) is 5.97. The number of carbonyl (C=O) groups is 1. The number of hydrogen-bond donors (Lipinski definition) is 0. The molecule has 1 amide bonds. The van der Waals surface area contributed by atoms with Gasteiger partial charge >= 0.3 is 6.09 Å². The highest BCUT2D eigenvalue weighted by molar-refractivity contribution is 5.70. The van der Waals surface area contributed by atoms with Crippen LogP contribution in [-0.4, -0.2) is 43.4 Å². The zero-order chi connectivity index (χ0) is 7.19. The van der Waals surface area contributed by atoms with E-state index in [1.165, 1.54) is 0 Å². The predicted octanol–water partition coefficient (Wildman–Crippen LogP) is -0.163. The van der Waals surface area contributed by atoms with Crippen LogP contribution in [0.1, 0.15) is 0 Å². The molecule has 4 nitrogen and oxygen atoms in total. The maximum atomic E-state index is 10.8. The second-order valence-corrected chi connectivity index (χ2v) is 2.90. The molecule has 0 aliphatic carbocycles. The maximum Gasteiger partial charge on any atom is 0.410 e. The van der Waals surface area contributed by atoms with E-state index >= 15 is 0 Å². The quantitative estimate of drug-likeness (QED) is 0.473. The second-order valence-electron chi connectivity index (χ2n) is 2.90. The van der Waals surface area contributed by atoms with E-state index in [1.54, 1.807) is 11.9 Å². The molecule has 2 fully saturated rings. The van der Waals surface area contributed by atoms with Crippen LogP contribution in [0.25, 0.3) is 0 Å². The van der Waals surface area contributed by atoms with Gasteiger partial charge < -0.3 is 14.4 Å². The van der Waals surface area contributed by atoms with Crippen molar-refractivity contribution >= 4 is 6.09 Å². The lowest BCUT2D eigenvalue weighted by Crippen LogP contribution is -2.52. The molecular weight excluding hydrogens is 134 g/mol. The molecule has 0 saturated carbocycles. The van der Waals surface area contributed by atoms with Crippen molar-refractivity contribution in [1.82, 2.24) is 4.90 Å². The van der Waals surface area contributed by atoms with Gasteiger partial charge in [-0.25, -0.2) is 4.79 Å². The van der Waals surface area contributed by atoms with Crippen LogP contribution in [-0.2, 0) is 9.47 Å². The Labute approximate surface area is 58.7 Å². The largest absolute Gasteiger partial charge is 0.436 e. The van der Waals surface area contributed by atoms with Gasteiger partial charge in [0.25, 0.3) is 0 Å². The van der Waals surface area contributed by atoms with E-state index in [4.69, 9.17) is 9.47 Å². The molecule has 0 bridgehead atoms. The molecule has 0 atom stereocenters. The van der Waals surface area contributed by atoms with Gasteiger partial charge in [0.15, 0.2) is 5.60 Å². The SMILES string of the molecule is CN1CC2(COC2)OC1=O. The van der Waals surface area contributed by atoms with Crippen LogP contribution >= 0.6 is 0 Å². The van der Waals surface area contributed by atoms with Crippen LogP contribution in [0.15, 0.2) is 0 Å². The third-order valence-electron chi connectivity index (χ3n) is 1.87. The van der Waals surface area contributed by atoms with Gasteiger partial charge in [-0.1, -0.05) is 0 Å². The Hall–Kier alpha value is -0.770. The normalized spacial score (nSPS) is 28.5. The van der Waals surface area contributed by atoms with Gasteiger partial charge in [0.1, 0.15) is 0 Å². The molecule has 2 aliphatic rings. The van der Waals surface area contributed by atoms with Gasteiger partial charge in [0.05, 0.1) is 19.8 Å². The summed E-state index contributed by atoms with van der Waals surface area (Å²) in [4.78, 5) is 12.4. The molecule has 2 heterocycles. The lowest BCUT2D eigenvalue weighted by Gasteiger charge is -2.34. The number of rotatable bonds is 0. The number of ether oxygens (including phenoxy) is 2. The van der Waals surface area contributed by atoms with Gasteiger partial charge in [-0.15, -0.1) is 0 Å². The van der Waals surface area contributed by atoms with Crippen LogP contribution in [0, 0.1) is 0 Å². The minimum absolute atomic E-state index is 0.233. The van der Waals surface area contributed by atoms with Gasteiger partial charge in [0.2, 0.25) is 0 Å². The second kappa shape index (κ2) is 1.63. The summed E-state index contributed by atoms with van der Waals surface area (Å²) in [7, 11) is 1.73. The summed E-state index contributed by atoms with van der Waals surface area (Å²) in [5.41, 5.74) is -0.286. The van der Waals surface area contributed by atoms with E-state index < -0.39 is 0 Å². The molecule has 2 saturated heterocycles. The van der Waals surface area contributed by atoms with Crippen molar-refractivity contribution in [3.8, 4) is 0 Å². The lowest BCUT2D eigenvalue weighted by atomic mass is 10.0. The summed E-state index contributed by atoms with van der Waals surface area (Å²) in [6.45, 7) is 1.79. The topological polar surface area (TPSA) is 38.8 Å². The smallest absolute Gasteiger partial charge is 0.410 e. The standard InChI is InChI=1S/C6H9NO3/c1-7-2-6(3-9-4-6)10-5(7)8/h2-4H2,1H3. The van der Waals surface area contributed by atoms with Crippen LogP contribution in [0.5, 0.6) is 0 Å². The van der Waals surface area contributed by atoms with Crippen molar-refractivity contribution in [2.45, 2.75) is 5.60 Å². The van der Waals surface area contributed by atoms with E-state index in [-0.39, 0.29) is 11.7 Å². The van der Waals surface area contributed by atoms with E-state index in [9.17, 15) is 4.79 Å². The van der Waals surface area contributed by atoms with E-state index in [2.05, 4.69) is 0 Å². The van der Waals surface area contributed by atoms with Crippen LogP contribution in [0.3, 0.4) is 0 Å². The van der Waals surface area contributed by atoms with Crippen molar-refractivity contribution in [3.05, 3.63) is 0 Å². The molecule has 1 spiro atoms. The van der Waals surface area contributed by atoms with E-state index in [0.717, 1.165) is 0 Å². The first-order chi connectivity index (χ1) is 4.72. The van der Waals surface area contributed by atoms with Crippen LogP contribution < -0.4 is 0 Å². The van der Waals surface area contributed by atoms with Gasteiger partial charge in [0, 0.05) is 7.05 Å². The predicted molar refractivity (Wildman–Crippen MR) is 32.7 cm³/mol. The molecule has 2 rings (SSSR count). The Morgan fingerprint density at radius 3 is 2.50 bits per heavy atom. The van der Waals surface area contributed by atoms with Crippen molar-refractivity contribution in [2.24, 2.45) is 0 Å². The zero-order valence-electron chi connectivity index (χ0n) is 5.79. The summed E-state index contributed by atoms with van der Waals surface area (Å²) in [6, 6.07) is 0. The van der Waals surface area contributed by atoms with Crippen LogP contribution in [0.2, 0.25) is 0 Å². The van der Waals surface area contributed by atoms with Crippen molar-refractivity contribution < 1.29 is 14.3 Å². The molecular formula is C6H9NO3. The summed E-state index contributed by atoms with van der Waals surface area (Å²) in [5.74, 6) is 0. The molecule has 0 aromatic heterocycles. The Balaban J connectivity index is 2.10. The summed E-state index contributed by atoms with van der Waals surface area (Å²) in [5, 5.41) is 0. The van der Waals surface area contributed by atoms with Gasteiger partial charge in [-0.2, -0.15) is 0 Å². The number of nitrogens with zero attached hydrogens (tertiary/aromatic N) is 1. The number of carbonyl (C=O) groups excluding carboxylic acids is 1. The number of amides is 1. The molecule has 0 radical (unpaired) electrons. The Morgan fingerprint density at radius 2 is 2.30 bits per heavy atom. The fraction of sp³-hybridized carbons (Fsp3) is 0.833. The van der Waals surface area contributed by atoms with Crippen LogP contribution in [0.4, 0.5) is 4.79 Å². The molecule has 0 aromatic carbocycles. The monoisotopic (exact) mass is 143 g/mol. The highest BCUT2D eigenvalue weighted by Crippen LogP contribution is 2.28. The molecule has 4 heteroatoms. The first-order valence-electron chi connectivity index (χ1n) is 3.24. The van der Waals surface area contributed by atoms with Crippen molar-refractivity contribution in [1.29, 1.82) is 0 Å². The molecule has 56 valence electrons. The molecule has 0 aromatic rings. The third kappa shape index (κ3) is 0.623. The average molecular weight is 143 g/mol. The Morgan fingerprint density at radius 1 is 1.60 bits per heavy atom. The lowest BCUT2D eigenvalue weighted by molar-refractivity contribution is -0.156. The summed E-state index contributed by atoms with van der Waals surface area (Å²) >= 11 is 0. The summed E-state index contributed by atoms with van der Waals surface area (Å²) in [6.07, 6.45) is -0.233. The summed E-state index contributed by atoms with van der Waals surface area (Å²) < 4.78 is 10.0. The third-order valence-corrected chi connectivity index (χ3v) is 1.87. The molecule has 0 N–H and O–H groups in total. The number of hydrogen-bond acceptors (Lipinski definition) is 3. The van der Waals surface area contributed by atoms with E-state index in [1.807, 2.05) is 0 Å². The molecule has 2 aliphatic heterocycles. The van der Waals surface area contributed by atoms with Crippen molar-refractivity contribution in [2.75, 3.05) is 26.8 Å². The van der Waals surface area contributed by atoms with Gasteiger partial charge in [-0.3, -0.25) is 0 Å². The average Bonchev–Trinajstić information content (AvgIpc) is 2.08. The number of likely N-dealkylation sites (N-methyl/N-ethyl adjacent to an activating group) is 1. The van der Waals surface area contributed by atoms with Gasteiger partial charge in [-0.05, 0) is 0 Å². The molecule has 10 heavy (non-hydrogen) atoms. The highest BCUT2D eigenvalue weighted by atomic mass is 16.6. The van der Waals surface area contributed by atoms with Crippen molar-refractivity contribution in [3.63, 3.8) is 0 Å². The fourth-order valence-corrected chi connectivity index (χ4v) is 1.27. The maximum absolute atomic E-state index is 10.8.